The zero-order valence-corrected chi connectivity index (χ0v) is 17.0. The van der Waals surface area contributed by atoms with Gasteiger partial charge in [0.05, 0.1) is 11.0 Å². The quantitative estimate of drug-likeness (QED) is 0.788. The lowest BCUT2D eigenvalue weighted by atomic mass is 10.00. The fraction of sp³-hybridized carbons (Fsp3) is 0.700. The Hall–Kier alpha value is -0.950. The minimum absolute atomic E-state index is 0.389. The lowest BCUT2D eigenvalue weighted by molar-refractivity contribution is 0.0190. The number of benzene rings is 1. The Morgan fingerprint density at radius 2 is 1.54 bits per heavy atom. The summed E-state index contributed by atoms with van der Waals surface area (Å²) < 4.78 is 33.0. The molecule has 0 atom stereocenters. The van der Waals surface area contributed by atoms with Crippen molar-refractivity contribution in [2.75, 3.05) is 33.3 Å². The molecule has 1 aromatic carbocycles. The largest absolute Gasteiger partial charge is 0.381 e. The van der Waals surface area contributed by atoms with E-state index in [9.17, 15) is 8.42 Å². The van der Waals surface area contributed by atoms with E-state index in [1.54, 1.807) is 23.5 Å². The molecule has 2 heterocycles. The Kier molecular flexibility index (Phi) is 6.38. The highest BCUT2D eigenvalue weighted by atomic mass is 32.2. The lowest BCUT2D eigenvalue weighted by Gasteiger charge is -2.41. The number of methoxy groups -OCH3 is 1. The van der Waals surface area contributed by atoms with Crippen LogP contribution < -0.4 is 0 Å². The van der Waals surface area contributed by atoms with Crippen molar-refractivity contribution in [2.45, 2.75) is 62.5 Å². The number of nitrogens with zero attached hydrogens (tertiary/aromatic N) is 2. The summed E-state index contributed by atoms with van der Waals surface area (Å²) in [6.07, 6.45) is 4.39. The average molecular weight is 381 g/mol. The van der Waals surface area contributed by atoms with Crippen LogP contribution in [-0.4, -0.2) is 63.1 Å². The first-order valence-electron chi connectivity index (χ1n) is 9.78. The smallest absolute Gasteiger partial charge is 0.243 e. The van der Waals surface area contributed by atoms with Crippen LogP contribution in [0.2, 0.25) is 0 Å². The summed E-state index contributed by atoms with van der Waals surface area (Å²) in [6.45, 7) is 7.58. The van der Waals surface area contributed by atoms with E-state index in [1.165, 1.54) is 5.56 Å². The van der Waals surface area contributed by atoms with E-state index in [-0.39, 0.29) is 0 Å². The molecule has 3 rings (SSSR count). The summed E-state index contributed by atoms with van der Waals surface area (Å²) in [5.41, 5.74) is 1.17. The molecule has 0 saturated carbocycles. The summed E-state index contributed by atoms with van der Waals surface area (Å²) in [5, 5.41) is 0. The van der Waals surface area contributed by atoms with Gasteiger partial charge < -0.3 is 9.64 Å². The van der Waals surface area contributed by atoms with Gasteiger partial charge in [0.1, 0.15) is 0 Å². The fourth-order valence-corrected chi connectivity index (χ4v) is 5.57. The minimum Gasteiger partial charge on any atom is -0.381 e. The Labute approximate surface area is 158 Å². The van der Waals surface area contributed by atoms with Crippen LogP contribution in [-0.2, 0) is 14.8 Å². The van der Waals surface area contributed by atoms with Gasteiger partial charge in [0.15, 0.2) is 0 Å². The third kappa shape index (κ3) is 4.30. The van der Waals surface area contributed by atoms with Gasteiger partial charge in [0.2, 0.25) is 10.0 Å². The highest BCUT2D eigenvalue weighted by Crippen LogP contribution is 2.26. The van der Waals surface area contributed by atoms with Crippen LogP contribution in [0.1, 0.15) is 51.0 Å². The zero-order valence-electron chi connectivity index (χ0n) is 16.2. The second-order valence-corrected chi connectivity index (χ2v) is 9.77. The van der Waals surface area contributed by atoms with Crippen molar-refractivity contribution in [1.82, 2.24) is 9.21 Å². The van der Waals surface area contributed by atoms with Crippen molar-refractivity contribution in [2.24, 2.45) is 0 Å². The first-order valence-corrected chi connectivity index (χ1v) is 11.2. The van der Waals surface area contributed by atoms with Crippen LogP contribution in [0, 0.1) is 0 Å². The minimum atomic E-state index is -3.38. The zero-order chi connectivity index (χ0) is 18.7. The van der Waals surface area contributed by atoms with Crippen molar-refractivity contribution in [3.05, 3.63) is 29.8 Å². The van der Waals surface area contributed by atoms with Gasteiger partial charge in [-0.05, 0) is 49.3 Å². The molecular weight excluding hydrogens is 348 g/mol. The number of rotatable bonds is 5. The number of hydrogen-bond acceptors (Lipinski definition) is 4. The fourth-order valence-electron chi connectivity index (χ4n) is 4.10. The molecule has 26 heavy (non-hydrogen) atoms. The summed E-state index contributed by atoms with van der Waals surface area (Å²) in [4.78, 5) is 2.94. The first-order chi connectivity index (χ1) is 12.4. The van der Waals surface area contributed by atoms with Gasteiger partial charge >= 0.3 is 0 Å². The van der Waals surface area contributed by atoms with Gasteiger partial charge in [-0.15, -0.1) is 0 Å². The van der Waals surface area contributed by atoms with Crippen LogP contribution in [0.5, 0.6) is 0 Å². The molecule has 2 fully saturated rings. The van der Waals surface area contributed by atoms with Gasteiger partial charge in [-0.3, -0.25) is 0 Å². The molecule has 146 valence electrons. The average Bonchev–Trinajstić information content (AvgIpc) is 2.68. The maximum atomic E-state index is 12.9. The van der Waals surface area contributed by atoms with Crippen LogP contribution in [0.3, 0.4) is 0 Å². The van der Waals surface area contributed by atoms with Crippen molar-refractivity contribution in [1.29, 1.82) is 0 Å². The van der Waals surface area contributed by atoms with E-state index in [0.717, 1.165) is 38.8 Å². The van der Waals surface area contributed by atoms with Crippen LogP contribution in [0.15, 0.2) is 29.2 Å². The predicted molar refractivity (Wildman–Crippen MR) is 104 cm³/mol. The molecule has 1 aromatic rings. The summed E-state index contributed by atoms with van der Waals surface area (Å²) in [6, 6.07) is 7.88. The molecule has 2 aliphatic heterocycles. The molecule has 2 aliphatic rings. The van der Waals surface area contributed by atoms with Crippen molar-refractivity contribution in [3.8, 4) is 0 Å². The highest BCUT2D eigenvalue weighted by molar-refractivity contribution is 7.89. The monoisotopic (exact) mass is 380 g/mol. The van der Waals surface area contributed by atoms with E-state index in [1.807, 2.05) is 12.1 Å². The van der Waals surface area contributed by atoms with Crippen LogP contribution in [0.25, 0.3) is 0 Å². The molecule has 0 unspecified atom stereocenters. The number of piperidine rings is 2. The van der Waals surface area contributed by atoms with Crippen LogP contribution >= 0.6 is 0 Å². The number of hydrogen-bond donors (Lipinski definition) is 0. The molecule has 6 heteroatoms. The first kappa shape index (κ1) is 19.8. The van der Waals surface area contributed by atoms with E-state index < -0.39 is 10.0 Å². The lowest BCUT2D eigenvalue weighted by Crippen LogP contribution is -2.49. The summed E-state index contributed by atoms with van der Waals surface area (Å²) in [5.74, 6) is 0.407. The second kappa shape index (κ2) is 8.38. The summed E-state index contributed by atoms with van der Waals surface area (Å²) >= 11 is 0. The molecule has 0 aliphatic carbocycles. The molecular formula is C20H32N2O3S. The topological polar surface area (TPSA) is 49.9 Å². The molecule has 0 spiro atoms. The molecule has 2 saturated heterocycles. The van der Waals surface area contributed by atoms with Gasteiger partial charge in [0.25, 0.3) is 0 Å². The maximum Gasteiger partial charge on any atom is 0.243 e. The van der Waals surface area contributed by atoms with Gasteiger partial charge in [-0.25, -0.2) is 8.42 Å². The van der Waals surface area contributed by atoms with E-state index in [4.69, 9.17) is 4.74 Å². The van der Waals surface area contributed by atoms with E-state index in [2.05, 4.69) is 18.7 Å². The predicted octanol–water partition coefficient (Wildman–Crippen LogP) is 3.07. The molecule has 0 aromatic heterocycles. The Morgan fingerprint density at radius 3 is 2.04 bits per heavy atom. The number of sulfonamides is 1. The molecule has 5 nitrogen and oxygen atoms in total. The van der Waals surface area contributed by atoms with Crippen molar-refractivity contribution < 1.29 is 13.2 Å². The third-order valence-electron chi connectivity index (χ3n) is 5.93. The number of ether oxygens (including phenoxy) is 1. The second-order valence-electron chi connectivity index (χ2n) is 7.83. The third-order valence-corrected chi connectivity index (χ3v) is 7.85. The molecule has 0 amide bonds. The van der Waals surface area contributed by atoms with E-state index in [0.29, 0.717) is 36.0 Å². The van der Waals surface area contributed by atoms with E-state index >= 15 is 0 Å². The van der Waals surface area contributed by atoms with Gasteiger partial charge in [0, 0.05) is 39.3 Å². The van der Waals surface area contributed by atoms with Crippen LogP contribution in [0.4, 0.5) is 0 Å². The standard InChI is InChI=1S/C20H32N2O3S/c1-16(2)17-4-6-20(7-5-17)26(23,24)22-14-8-18(9-15-22)21-12-10-19(25-3)11-13-21/h4-7,16,18-19H,8-15H2,1-3H3. The maximum absolute atomic E-state index is 12.9. The Morgan fingerprint density at radius 1 is 0.962 bits per heavy atom. The number of likely N-dealkylation sites (tertiary alicyclic amines) is 1. The summed E-state index contributed by atoms with van der Waals surface area (Å²) in [7, 11) is -1.59. The highest BCUT2D eigenvalue weighted by Gasteiger charge is 2.33. The van der Waals surface area contributed by atoms with Gasteiger partial charge in [-0.2, -0.15) is 4.31 Å². The molecule has 0 N–H and O–H groups in total. The Balaban J connectivity index is 1.58. The SMILES string of the molecule is COC1CCN(C2CCN(S(=O)(=O)c3ccc(C(C)C)cc3)CC2)CC1. The van der Waals surface area contributed by atoms with Gasteiger partial charge in [-0.1, -0.05) is 26.0 Å². The van der Waals surface area contributed by atoms with Crippen molar-refractivity contribution >= 4 is 10.0 Å². The normalized spacial score (nSPS) is 22.2. The van der Waals surface area contributed by atoms with Crippen molar-refractivity contribution in [3.63, 3.8) is 0 Å². The Bertz CT molecular complexity index is 672. The molecule has 0 bridgehead atoms. The molecule has 0 radical (unpaired) electrons.